The fourth-order valence-corrected chi connectivity index (χ4v) is 5.87. The van der Waals surface area contributed by atoms with E-state index in [0.29, 0.717) is 19.3 Å². The van der Waals surface area contributed by atoms with Crippen LogP contribution in [0.5, 0.6) is 0 Å². The van der Waals surface area contributed by atoms with Gasteiger partial charge in [-0.3, -0.25) is 4.90 Å². The lowest BCUT2D eigenvalue weighted by molar-refractivity contribution is -0.157. The standard InChI is InChI=1S/C35H47NO2/c1-3-4-5-6-7-8-18-25-32-26-33(37-27-29-19-12-9-13-20-29)35(38-28-30-21-14-10-15-22-30)34(36(32)2)31-23-16-11-17-24-31/h9-17,19-24,32-35H,3-8,18,25-28H2,1-2H3/t32-,33+,34+,35+/m1/s1. The number of ether oxygens (including phenoxy) is 2. The molecule has 3 aromatic rings. The lowest BCUT2D eigenvalue weighted by Gasteiger charge is -2.48. The topological polar surface area (TPSA) is 21.7 Å². The van der Waals surface area contributed by atoms with Crippen LogP contribution in [0.1, 0.15) is 87.4 Å². The summed E-state index contributed by atoms with van der Waals surface area (Å²) in [6.07, 6.45) is 11.6. The first-order chi connectivity index (χ1) is 18.8. The molecule has 1 aliphatic rings. The lowest BCUT2D eigenvalue weighted by atomic mass is 9.84. The molecule has 1 aliphatic heterocycles. The highest BCUT2D eigenvalue weighted by Crippen LogP contribution is 2.39. The minimum absolute atomic E-state index is 0.0369. The van der Waals surface area contributed by atoms with Crippen LogP contribution >= 0.6 is 0 Å². The Kier molecular flexibility index (Phi) is 11.9. The van der Waals surface area contributed by atoms with Crippen molar-refractivity contribution < 1.29 is 9.47 Å². The minimum Gasteiger partial charge on any atom is -0.371 e. The van der Waals surface area contributed by atoms with Crippen molar-refractivity contribution in [1.82, 2.24) is 4.90 Å². The molecule has 4 atom stereocenters. The Labute approximate surface area is 231 Å². The summed E-state index contributed by atoms with van der Waals surface area (Å²) in [6.45, 7) is 3.50. The maximum atomic E-state index is 6.77. The van der Waals surface area contributed by atoms with Crippen LogP contribution in [0.3, 0.4) is 0 Å². The summed E-state index contributed by atoms with van der Waals surface area (Å²) in [7, 11) is 2.30. The van der Waals surface area contributed by atoms with Gasteiger partial charge in [-0.05, 0) is 36.6 Å². The highest BCUT2D eigenvalue weighted by molar-refractivity contribution is 5.23. The van der Waals surface area contributed by atoms with E-state index in [9.17, 15) is 0 Å². The van der Waals surface area contributed by atoms with E-state index in [1.165, 1.54) is 68.1 Å². The average Bonchev–Trinajstić information content (AvgIpc) is 2.97. The fourth-order valence-electron chi connectivity index (χ4n) is 5.87. The summed E-state index contributed by atoms with van der Waals surface area (Å²) in [6, 6.07) is 32.6. The molecule has 3 aromatic carbocycles. The van der Waals surface area contributed by atoms with Gasteiger partial charge in [0, 0.05) is 6.04 Å². The van der Waals surface area contributed by atoms with Gasteiger partial charge in [-0.15, -0.1) is 0 Å². The second kappa shape index (κ2) is 15.8. The highest BCUT2D eigenvalue weighted by Gasteiger charge is 2.43. The molecule has 0 saturated carbocycles. The van der Waals surface area contributed by atoms with Gasteiger partial charge in [-0.25, -0.2) is 0 Å². The lowest BCUT2D eigenvalue weighted by Crippen LogP contribution is -2.54. The smallest absolute Gasteiger partial charge is 0.104 e. The number of likely N-dealkylation sites (N-methyl/N-ethyl adjacent to an activating group) is 1. The van der Waals surface area contributed by atoms with Gasteiger partial charge in [-0.1, -0.05) is 143 Å². The zero-order chi connectivity index (χ0) is 26.4. The Morgan fingerprint density at radius 3 is 1.79 bits per heavy atom. The van der Waals surface area contributed by atoms with E-state index >= 15 is 0 Å². The minimum atomic E-state index is -0.0448. The molecular formula is C35H47NO2. The van der Waals surface area contributed by atoms with Gasteiger partial charge in [0.05, 0.1) is 25.4 Å². The molecule has 1 saturated heterocycles. The Hall–Kier alpha value is -2.46. The molecule has 0 N–H and O–H groups in total. The number of benzene rings is 3. The highest BCUT2D eigenvalue weighted by atomic mass is 16.5. The van der Waals surface area contributed by atoms with E-state index in [4.69, 9.17) is 9.47 Å². The number of nitrogens with zero attached hydrogens (tertiary/aromatic N) is 1. The summed E-state index contributed by atoms with van der Waals surface area (Å²) in [5.74, 6) is 0. The Balaban J connectivity index is 1.50. The number of hydrogen-bond donors (Lipinski definition) is 0. The first-order valence-electron chi connectivity index (χ1n) is 14.8. The maximum absolute atomic E-state index is 6.77. The van der Waals surface area contributed by atoms with Crippen molar-refractivity contribution in [1.29, 1.82) is 0 Å². The van der Waals surface area contributed by atoms with Gasteiger partial charge in [0.25, 0.3) is 0 Å². The third kappa shape index (κ3) is 8.53. The summed E-state index contributed by atoms with van der Waals surface area (Å²) < 4.78 is 13.5. The SMILES string of the molecule is CCCCCCCCC[C@@H]1C[C@H](OCc2ccccc2)[C@H](OCc2ccccc2)[C@H](c2ccccc2)N1C. The van der Waals surface area contributed by atoms with Crippen LogP contribution in [-0.4, -0.2) is 30.2 Å². The van der Waals surface area contributed by atoms with Crippen LogP contribution in [0.15, 0.2) is 91.0 Å². The average molecular weight is 514 g/mol. The van der Waals surface area contributed by atoms with Crippen LogP contribution in [0.25, 0.3) is 0 Å². The van der Waals surface area contributed by atoms with Gasteiger partial charge in [0.1, 0.15) is 6.10 Å². The second-order valence-electron chi connectivity index (χ2n) is 10.9. The van der Waals surface area contributed by atoms with Crippen LogP contribution in [-0.2, 0) is 22.7 Å². The molecule has 0 aromatic heterocycles. The molecule has 1 heterocycles. The van der Waals surface area contributed by atoms with Crippen LogP contribution in [0.2, 0.25) is 0 Å². The Bertz CT molecular complexity index is 1010. The van der Waals surface area contributed by atoms with Gasteiger partial charge < -0.3 is 9.47 Å². The van der Waals surface area contributed by atoms with Gasteiger partial charge in [-0.2, -0.15) is 0 Å². The number of hydrogen-bond acceptors (Lipinski definition) is 3. The third-order valence-corrected chi connectivity index (χ3v) is 8.07. The zero-order valence-electron chi connectivity index (χ0n) is 23.5. The molecular weight excluding hydrogens is 466 g/mol. The zero-order valence-corrected chi connectivity index (χ0v) is 23.5. The Morgan fingerprint density at radius 2 is 1.18 bits per heavy atom. The van der Waals surface area contributed by atoms with Crippen LogP contribution in [0.4, 0.5) is 0 Å². The number of rotatable bonds is 15. The van der Waals surface area contributed by atoms with Crippen molar-refractivity contribution in [3.8, 4) is 0 Å². The van der Waals surface area contributed by atoms with Crippen molar-refractivity contribution in [2.24, 2.45) is 0 Å². The molecule has 38 heavy (non-hydrogen) atoms. The van der Waals surface area contributed by atoms with Gasteiger partial charge >= 0.3 is 0 Å². The van der Waals surface area contributed by atoms with E-state index in [2.05, 4.69) is 110 Å². The summed E-state index contributed by atoms with van der Waals surface area (Å²) in [4.78, 5) is 2.59. The van der Waals surface area contributed by atoms with Crippen LogP contribution in [0, 0.1) is 0 Å². The van der Waals surface area contributed by atoms with Gasteiger partial charge in [0.15, 0.2) is 0 Å². The molecule has 0 spiro atoms. The van der Waals surface area contributed by atoms with Crippen molar-refractivity contribution in [3.63, 3.8) is 0 Å². The third-order valence-electron chi connectivity index (χ3n) is 8.07. The summed E-state index contributed by atoms with van der Waals surface area (Å²) in [5.41, 5.74) is 3.73. The first-order valence-corrected chi connectivity index (χ1v) is 14.8. The van der Waals surface area contributed by atoms with E-state index in [0.717, 1.165) is 6.42 Å². The predicted octanol–water partition coefficient (Wildman–Crippen LogP) is 8.74. The van der Waals surface area contributed by atoms with E-state index in [1.54, 1.807) is 0 Å². The normalized spacial score (nSPS) is 21.9. The number of unbranched alkanes of at least 4 members (excludes halogenated alkanes) is 6. The van der Waals surface area contributed by atoms with E-state index in [-0.39, 0.29) is 18.2 Å². The molecule has 3 heteroatoms. The molecule has 4 rings (SSSR count). The molecule has 1 fully saturated rings. The summed E-state index contributed by atoms with van der Waals surface area (Å²) >= 11 is 0. The van der Waals surface area contributed by atoms with Crippen molar-refractivity contribution in [3.05, 3.63) is 108 Å². The summed E-state index contributed by atoms with van der Waals surface area (Å²) in [5, 5.41) is 0. The van der Waals surface area contributed by atoms with Crippen molar-refractivity contribution >= 4 is 0 Å². The molecule has 0 bridgehead atoms. The molecule has 0 amide bonds. The molecule has 0 unspecified atom stereocenters. The van der Waals surface area contributed by atoms with Crippen LogP contribution < -0.4 is 0 Å². The number of piperidine rings is 1. The van der Waals surface area contributed by atoms with E-state index < -0.39 is 0 Å². The van der Waals surface area contributed by atoms with Crippen molar-refractivity contribution in [2.75, 3.05) is 7.05 Å². The first kappa shape index (κ1) is 28.5. The largest absolute Gasteiger partial charge is 0.371 e. The second-order valence-corrected chi connectivity index (χ2v) is 10.9. The van der Waals surface area contributed by atoms with E-state index in [1.807, 2.05) is 0 Å². The Morgan fingerprint density at radius 1 is 0.658 bits per heavy atom. The molecule has 3 nitrogen and oxygen atoms in total. The molecule has 204 valence electrons. The predicted molar refractivity (Wildman–Crippen MR) is 158 cm³/mol. The van der Waals surface area contributed by atoms with Crippen molar-refractivity contribution in [2.45, 2.75) is 102 Å². The monoisotopic (exact) mass is 513 g/mol. The number of likely N-dealkylation sites (tertiary alicyclic amines) is 1. The maximum Gasteiger partial charge on any atom is 0.104 e. The quantitative estimate of drug-likeness (QED) is 0.190. The van der Waals surface area contributed by atoms with Gasteiger partial charge in [0.2, 0.25) is 0 Å². The fraction of sp³-hybridized carbons (Fsp3) is 0.486. The molecule has 0 radical (unpaired) electrons. The molecule has 0 aliphatic carbocycles.